The Bertz CT molecular complexity index is 904. The molecule has 0 aliphatic rings. The highest BCUT2D eigenvalue weighted by atomic mass is 32.1. The second-order valence-electron chi connectivity index (χ2n) is 6.84. The molecule has 0 unspecified atom stereocenters. The highest BCUT2D eigenvalue weighted by Crippen LogP contribution is 2.24. The van der Waals surface area contributed by atoms with Gasteiger partial charge in [0.05, 0.1) is 6.10 Å². The van der Waals surface area contributed by atoms with Crippen LogP contribution in [-0.2, 0) is 0 Å². The van der Waals surface area contributed by atoms with Crippen LogP contribution in [0.25, 0.3) is 10.7 Å². The fourth-order valence-corrected chi connectivity index (χ4v) is 3.61. The van der Waals surface area contributed by atoms with Crippen LogP contribution in [0.3, 0.4) is 0 Å². The van der Waals surface area contributed by atoms with E-state index < -0.39 is 12.1 Å². The van der Waals surface area contributed by atoms with Crippen molar-refractivity contribution in [3.05, 3.63) is 60.3 Å². The van der Waals surface area contributed by atoms with E-state index in [0.717, 1.165) is 5.56 Å². The second kappa shape index (κ2) is 10.1. The Morgan fingerprint density at radius 1 is 1.14 bits per heavy atom. The number of aliphatic hydroxyl groups is 1. The van der Waals surface area contributed by atoms with Gasteiger partial charge >= 0.3 is 6.03 Å². The van der Waals surface area contributed by atoms with E-state index in [-0.39, 0.29) is 5.92 Å². The lowest BCUT2D eigenvalue weighted by Gasteiger charge is -2.26. The summed E-state index contributed by atoms with van der Waals surface area (Å²) in [4.78, 5) is 18.5. The number of amides is 2. The molecular formula is C20H24N6O2S. The van der Waals surface area contributed by atoms with Gasteiger partial charge in [0, 0.05) is 25.2 Å². The third kappa shape index (κ3) is 6.05. The van der Waals surface area contributed by atoms with Crippen LogP contribution in [0.4, 0.5) is 9.93 Å². The Balaban J connectivity index is 1.58. The van der Waals surface area contributed by atoms with Gasteiger partial charge in [-0.2, -0.15) is 0 Å². The lowest BCUT2D eigenvalue weighted by molar-refractivity contribution is 0.0911. The molecule has 2 atom stereocenters. The molecule has 0 spiro atoms. The van der Waals surface area contributed by atoms with Crippen molar-refractivity contribution in [3.63, 3.8) is 0 Å². The highest BCUT2D eigenvalue weighted by molar-refractivity contribution is 7.18. The molecular weight excluding hydrogens is 388 g/mol. The van der Waals surface area contributed by atoms with Crippen molar-refractivity contribution in [2.75, 3.05) is 32.5 Å². The van der Waals surface area contributed by atoms with Crippen molar-refractivity contribution >= 4 is 22.5 Å². The molecule has 3 aromatic rings. The number of hydrogen-bond donors (Lipinski definition) is 3. The Morgan fingerprint density at radius 3 is 2.59 bits per heavy atom. The van der Waals surface area contributed by atoms with Gasteiger partial charge in [-0.05, 0) is 31.8 Å². The molecule has 0 saturated heterocycles. The first-order valence-electron chi connectivity index (χ1n) is 9.20. The lowest BCUT2D eigenvalue weighted by atomic mass is 9.95. The summed E-state index contributed by atoms with van der Waals surface area (Å²) in [5.41, 5.74) is 1.53. The fourth-order valence-electron chi connectivity index (χ4n) is 2.90. The molecule has 0 saturated carbocycles. The first-order chi connectivity index (χ1) is 14.0. The number of nitrogens with zero attached hydrogens (tertiary/aromatic N) is 4. The standard InChI is InChI=1S/C20H24N6O2S/c1-26(2)13-15(17(27)14-8-4-3-5-9-14)12-22-19(28)23-20-25-24-18(29-20)16-10-6-7-11-21-16/h3-11,15,17,27H,12-13H2,1-2H3,(H2,22,23,25,28)/t15-,17+/m0/s1. The molecule has 2 heterocycles. The maximum absolute atomic E-state index is 12.3. The number of anilines is 1. The van der Waals surface area contributed by atoms with E-state index in [0.29, 0.717) is 28.9 Å². The zero-order chi connectivity index (χ0) is 20.6. The quantitative estimate of drug-likeness (QED) is 0.526. The smallest absolute Gasteiger partial charge is 0.321 e. The van der Waals surface area contributed by atoms with E-state index in [1.54, 1.807) is 6.20 Å². The van der Waals surface area contributed by atoms with Crippen LogP contribution in [0.1, 0.15) is 11.7 Å². The van der Waals surface area contributed by atoms with Crippen molar-refractivity contribution in [2.45, 2.75) is 6.10 Å². The number of nitrogens with one attached hydrogen (secondary N) is 2. The van der Waals surface area contributed by atoms with Gasteiger partial charge in [-0.1, -0.05) is 47.7 Å². The average molecular weight is 413 g/mol. The summed E-state index contributed by atoms with van der Waals surface area (Å²) >= 11 is 1.25. The van der Waals surface area contributed by atoms with E-state index in [4.69, 9.17) is 0 Å². The van der Waals surface area contributed by atoms with Gasteiger partial charge in [0.25, 0.3) is 0 Å². The zero-order valence-corrected chi connectivity index (χ0v) is 17.1. The number of benzene rings is 1. The van der Waals surface area contributed by atoms with Crippen LogP contribution in [-0.4, -0.2) is 58.4 Å². The maximum Gasteiger partial charge on any atom is 0.321 e. The summed E-state index contributed by atoms with van der Waals surface area (Å²) in [5, 5.41) is 25.3. The highest BCUT2D eigenvalue weighted by Gasteiger charge is 2.22. The van der Waals surface area contributed by atoms with Crippen molar-refractivity contribution in [3.8, 4) is 10.7 Å². The van der Waals surface area contributed by atoms with Crippen LogP contribution in [0.5, 0.6) is 0 Å². The first-order valence-corrected chi connectivity index (χ1v) is 10.0. The minimum atomic E-state index is -0.684. The van der Waals surface area contributed by atoms with Crippen molar-refractivity contribution in [2.24, 2.45) is 5.92 Å². The molecule has 0 aliphatic heterocycles. The minimum absolute atomic E-state index is 0.170. The molecule has 0 fully saturated rings. The van der Waals surface area contributed by atoms with Crippen molar-refractivity contribution in [1.82, 2.24) is 25.4 Å². The van der Waals surface area contributed by atoms with Crippen LogP contribution in [0, 0.1) is 5.92 Å². The molecule has 3 N–H and O–H groups in total. The molecule has 2 aromatic heterocycles. The molecule has 152 valence electrons. The van der Waals surface area contributed by atoms with Crippen LogP contribution >= 0.6 is 11.3 Å². The second-order valence-corrected chi connectivity index (χ2v) is 7.82. The third-order valence-electron chi connectivity index (χ3n) is 4.24. The maximum atomic E-state index is 12.3. The SMILES string of the molecule is CN(C)C[C@H](CNC(=O)Nc1nnc(-c2ccccn2)s1)[C@H](O)c1ccccc1. The van der Waals surface area contributed by atoms with Crippen LogP contribution in [0.15, 0.2) is 54.7 Å². The first kappa shape index (κ1) is 20.8. The molecule has 1 aromatic carbocycles. The lowest BCUT2D eigenvalue weighted by Crippen LogP contribution is -2.39. The summed E-state index contributed by atoms with van der Waals surface area (Å²) in [6.07, 6.45) is 0.996. The number of pyridine rings is 1. The van der Waals surface area contributed by atoms with Gasteiger partial charge < -0.3 is 15.3 Å². The summed E-state index contributed by atoms with van der Waals surface area (Å²) in [5.74, 6) is -0.170. The van der Waals surface area contributed by atoms with E-state index in [1.165, 1.54) is 11.3 Å². The summed E-state index contributed by atoms with van der Waals surface area (Å²) in [7, 11) is 3.87. The Hall–Kier alpha value is -2.88. The number of carbonyl (C=O) groups is 1. The number of urea groups is 1. The molecule has 29 heavy (non-hydrogen) atoms. The summed E-state index contributed by atoms with van der Waals surface area (Å²) in [6.45, 7) is 0.935. The Morgan fingerprint density at radius 2 is 1.90 bits per heavy atom. The number of aliphatic hydroxyl groups excluding tert-OH is 1. The fraction of sp³-hybridized carbons (Fsp3) is 0.300. The molecule has 0 bridgehead atoms. The predicted octanol–water partition coefficient (Wildman–Crippen LogP) is 2.63. The third-order valence-corrected chi connectivity index (χ3v) is 5.10. The summed E-state index contributed by atoms with van der Waals surface area (Å²) < 4.78 is 0. The van der Waals surface area contributed by atoms with Crippen molar-refractivity contribution in [1.29, 1.82) is 0 Å². The topological polar surface area (TPSA) is 103 Å². The van der Waals surface area contributed by atoms with Gasteiger partial charge in [0.1, 0.15) is 5.69 Å². The van der Waals surface area contributed by atoms with Crippen LogP contribution < -0.4 is 10.6 Å². The van der Waals surface area contributed by atoms with E-state index in [9.17, 15) is 9.90 Å². The molecule has 3 rings (SSSR count). The molecule has 2 amide bonds. The Kier molecular flexibility index (Phi) is 7.23. The van der Waals surface area contributed by atoms with Gasteiger partial charge in [-0.15, -0.1) is 10.2 Å². The van der Waals surface area contributed by atoms with E-state index >= 15 is 0 Å². The molecule has 8 nitrogen and oxygen atoms in total. The van der Waals surface area contributed by atoms with Crippen LogP contribution in [0.2, 0.25) is 0 Å². The minimum Gasteiger partial charge on any atom is -0.388 e. The zero-order valence-electron chi connectivity index (χ0n) is 16.3. The molecule has 0 radical (unpaired) electrons. The Labute approximate surface area is 173 Å². The average Bonchev–Trinajstić information content (AvgIpc) is 3.20. The predicted molar refractivity (Wildman–Crippen MR) is 114 cm³/mol. The largest absolute Gasteiger partial charge is 0.388 e. The normalized spacial score (nSPS) is 13.1. The van der Waals surface area contributed by atoms with Gasteiger partial charge in [0.2, 0.25) is 5.13 Å². The van der Waals surface area contributed by atoms with Crippen molar-refractivity contribution < 1.29 is 9.90 Å². The number of hydrogen-bond acceptors (Lipinski definition) is 7. The van der Waals surface area contributed by atoms with Gasteiger partial charge in [-0.25, -0.2) is 4.79 Å². The number of aromatic nitrogens is 3. The van der Waals surface area contributed by atoms with E-state index in [2.05, 4.69) is 25.8 Å². The van der Waals surface area contributed by atoms with Gasteiger partial charge in [0.15, 0.2) is 5.01 Å². The van der Waals surface area contributed by atoms with E-state index in [1.807, 2.05) is 67.5 Å². The molecule has 0 aliphatic carbocycles. The van der Waals surface area contributed by atoms with Gasteiger partial charge in [-0.3, -0.25) is 10.3 Å². The molecule has 9 heteroatoms. The number of rotatable bonds is 8. The number of carbonyl (C=O) groups excluding carboxylic acids is 1. The summed E-state index contributed by atoms with van der Waals surface area (Å²) in [6, 6.07) is 14.6. The monoisotopic (exact) mass is 412 g/mol.